The third-order valence-corrected chi connectivity index (χ3v) is 12.8. The van der Waals surface area contributed by atoms with Gasteiger partial charge >= 0.3 is 0 Å². The number of amides is 2. The fraction of sp³-hybridized carbons (Fsp3) is 0.950. The van der Waals surface area contributed by atoms with E-state index in [0.717, 1.165) is 13.8 Å². The van der Waals surface area contributed by atoms with Gasteiger partial charge in [0.1, 0.15) is 140 Å². The molecule has 20 N–H and O–H groups in total. The quantitative estimate of drug-likeness (QED) is 0.0479. The van der Waals surface area contributed by atoms with E-state index in [-0.39, 0.29) is 0 Å². The van der Waals surface area contributed by atoms with Crippen molar-refractivity contribution in [2.24, 2.45) is 0 Å². The molecule has 0 aromatic rings. The smallest absolute Gasteiger partial charge is 0.217 e. The van der Waals surface area contributed by atoms with Gasteiger partial charge in [-0.3, -0.25) is 9.59 Å². The second-order valence-electron chi connectivity index (χ2n) is 18.1. The summed E-state index contributed by atoms with van der Waals surface area (Å²) in [6.45, 7) is -2.33. The third-order valence-electron chi connectivity index (χ3n) is 12.8. The molecule has 29 atom stereocenters. The van der Waals surface area contributed by atoms with Gasteiger partial charge in [-0.15, -0.1) is 0 Å². The number of aliphatic hydroxyl groups excluding tert-OH is 18. The molecule has 5 fully saturated rings. The predicted octanol–water partition coefficient (Wildman–Crippen LogP) is -13.1. The molecule has 0 unspecified atom stereocenters. The van der Waals surface area contributed by atoms with Crippen LogP contribution in [-0.2, 0) is 57.0 Å². The Kier molecular flexibility index (Phi) is 22.5. The minimum Gasteiger partial charge on any atom is -0.394 e. The Morgan fingerprint density at radius 1 is 0.486 bits per heavy atom. The molecule has 5 heterocycles. The van der Waals surface area contributed by atoms with Crippen LogP contribution in [0.3, 0.4) is 0 Å². The Morgan fingerprint density at radius 3 is 1.60 bits per heavy atom. The Hall–Kier alpha value is -2.18. The zero-order valence-electron chi connectivity index (χ0n) is 38.9. The lowest BCUT2D eigenvalue weighted by Crippen LogP contribution is -2.69. The van der Waals surface area contributed by atoms with Crippen LogP contribution in [0.4, 0.5) is 0 Å². The summed E-state index contributed by atoms with van der Waals surface area (Å²) in [7, 11) is 0. The van der Waals surface area contributed by atoms with Gasteiger partial charge in [-0.05, 0) is 6.92 Å². The first-order chi connectivity index (χ1) is 33.9. The van der Waals surface area contributed by atoms with Gasteiger partial charge in [-0.2, -0.15) is 0 Å². The van der Waals surface area contributed by atoms with Crippen molar-refractivity contribution in [1.82, 2.24) is 10.6 Å². The lowest BCUT2D eigenvalue weighted by molar-refractivity contribution is -0.370. The van der Waals surface area contributed by atoms with Crippen LogP contribution in [-0.4, -0.2) is 321 Å². The van der Waals surface area contributed by atoms with Crippen LogP contribution in [0.25, 0.3) is 0 Å². The number of aliphatic hydroxyl groups is 18. The topological polar surface area (TPSA) is 515 Å². The Bertz CT molecular complexity index is 1680. The number of carbonyl (C=O) groups excluding carboxylic acids is 2. The average molecular weight is 1060 g/mol. The molecule has 0 radical (unpaired) electrons. The van der Waals surface area contributed by atoms with Gasteiger partial charge in [0.2, 0.25) is 11.8 Å². The summed E-state index contributed by atoms with van der Waals surface area (Å²) in [4.78, 5) is 25.0. The number of hydrogen-bond donors (Lipinski definition) is 20. The van der Waals surface area contributed by atoms with Crippen LogP contribution in [0.1, 0.15) is 20.8 Å². The number of ether oxygens (including phenoxy) is 10. The van der Waals surface area contributed by atoms with E-state index >= 15 is 0 Å². The van der Waals surface area contributed by atoms with Gasteiger partial charge in [0.25, 0.3) is 0 Å². The summed E-state index contributed by atoms with van der Waals surface area (Å²) in [6, 6.07) is -3.38. The first-order valence-electron chi connectivity index (χ1n) is 22.9. The minimum atomic E-state index is -2.16. The van der Waals surface area contributed by atoms with E-state index in [1.165, 1.54) is 6.92 Å². The van der Waals surface area contributed by atoms with Crippen molar-refractivity contribution in [3.8, 4) is 0 Å². The first-order valence-corrected chi connectivity index (χ1v) is 22.9. The van der Waals surface area contributed by atoms with Crippen LogP contribution >= 0.6 is 0 Å². The standard InChI is InChI=1S/C40H70N2O30/c1-10-21(52)34(71-36-19(41-11(2)47)27(58)24(55)16(6-45)66-36)31(62)39(65-10)70-33-20(42-12(3)48)37(68-18(26(33)57)9-64-38-29(60)28(59)25(56)17(7-46)67-38)72-35-30(61)32(14(50)5-44)69-40(35)63-8-15(51)23(54)22(53)13(49)4-43/h10,13-40,43-46,49-62H,4-9H2,1-3H3,(H,41,47)(H,42,48)/t10-,13-,14+,15+,16+,17+,18+,19+,20+,21-,22+,23+,24+,25+,26+,27+,28-,29+,30-,31+,32-,33+,34+,35+,36-,37-,38-,39-,40+/m0/s1. The van der Waals surface area contributed by atoms with Crippen LogP contribution < -0.4 is 10.6 Å². The highest BCUT2D eigenvalue weighted by Crippen LogP contribution is 2.36. The predicted molar refractivity (Wildman–Crippen MR) is 223 cm³/mol. The zero-order valence-corrected chi connectivity index (χ0v) is 38.9. The molecule has 0 saturated carbocycles. The highest BCUT2D eigenvalue weighted by molar-refractivity contribution is 5.73. The zero-order chi connectivity index (χ0) is 53.6. The largest absolute Gasteiger partial charge is 0.394 e. The summed E-state index contributed by atoms with van der Waals surface area (Å²) in [5.41, 5.74) is 0. The molecule has 72 heavy (non-hydrogen) atoms. The highest BCUT2D eigenvalue weighted by atomic mass is 16.8. The summed E-state index contributed by atoms with van der Waals surface area (Å²) < 4.78 is 57.9. The van der Waals surface area contributed by atoms with Crippen LogP contribution in [0, 0.1) is 0 Å². The summed E-state index contributed by atoms with van der Waals surface area (Å²) >= 11 is 0. The number of rotatable bonds is 22. The van der Waals surface area contributed by atoms with Gasteiger partial charge in [0.05, 0.1) is 45.7 Å². The van der Waals surface area contributed by atoms with Gasteiger partial charge in [0, 0.05) is 13.8 Å². The second kappa shape index (κ2) is 26.7. The van der Waals surface area contributed by atoms with E-state index in [4.69, 9.17) is 47.4 Å². The van der Waals surface area contributed by atoms with E-state index in [0.29, 0.717) is 0 Å². The van der Waals surface area contributed by atoms with Crippen LogP contribution in [0.15, 0.2) is 0 Å². The van der Waals surface area contributed by atoms with Gasteiger partial charge in [-0.25, -0.2) is 0 Å². The molecule has 32 nitrogen and oxygen atoms in total. The summed E-state index contributed by atoms with van der Waals surface area (Å²) in [6.07, 6.45) is -50.7. The van der Waals surface area contributed by atoms with Crippen molar-refractivity contribution in [3.63, 3.8) is 0 Å². The molecule has 5 aliphatic heterocycles. The highest BCUT2D eigenvalue weighted by Gasteiger charge is 2.57. The normalized spacial score (nSPS) is 44.9. The molecule has 0 aromatic heterocycles. The van der Waals surface area contributed by atoms with E-state index in [1.54, 1.807) is 0 Å². The molecule has 0 aliphatic carbocycles. The maximum Gasteiger partial charge on any atom is 0.217 e. The van der Waals surface area contributed by atoms with Crippen molar-refractivity contribution < 1.29 is 149 Å². The van der Waals surface area contributed by atoms with Gasteiger partial charge in [0.15, 0.2) is 31.5 Å². The van der Waals surface area contributed by atoms with Crippen molar-refractivity contribution in [1.29, 1.82) is 0 Å². The molecule has 2 amide bonds. The lowest BCUT2D eigenvalue weighted by atomic mass is 9.94. The lowest BCUT2D eigenvalue weighted by Gasteiger charge is -2.49. The molecular formula is C40H70N2O30. The van der Waals surface area contributed by atoms with E-state index in [9.17, 15) is 102 Å². The molecule has 420 valence electrons. The molecule has 5 saturated heterocycles. The monoisotopic (exact) mass is 1060 g/mol. The molecular weight excluding hydrogens is 988 g/mol. The third kappa shape index (κ3) is 13.9. The van der Waals surface area contributed by atoms with Crippen molar-refractivity contribution >= 4 is 11.8 Å². The molecule has 0 spiro atoms. The fourth-order valence-electron chi connectivity index (χ4n) is 8.65. The Balaban J connectivity index is 1.49. The maximum atomic E-state index is 12.9. The molecule has 0 bridgehead atoms. The van der Waals surface area contributed by atoms with E-state index < -0.39 is 229 Å². The molecule has 0 aromatic carbocycles. The van der Waals surface area contributed by atoms with E-state index in [2.05, 4.69) is 10.6 Å². The second-order valence-corrected chi connectivity index (χ2v) is 18.1. The van der Waals surface area contributed by atoms with Gasteiger partial charge in [-0.1, -0.05) is 0 Å². The molecule has 5 rings (SSSR count). The minimum absolute atomic E-state index is 0.742. The first kappa shape index (κ1) is 60.7. The average Bonchev–Trinajstić information content (AvgIpc) is 3.66. The Morgan fingerprint density at radius 2 is 1.01 bits per heavy atom. The van der Waals surface area contributed by atoms with Gasteiger partial charge < -0.3 is 150 Å². The number of hydrogen-bond acceptors (Lipinski definition) is 30. The SMILES string of the molecule is CC(=O)N[C@H]1[C@H](O[C@@H]2[C@@H](O)[C@H](C)O[C@@H](O[C@H]3[C@H](O)[C@@H](CO[C@H]4O[C@H](CO)[C@@H](O)[C@H](O)[C@H]4O)O[C@@H](O[C@H]4[C@H](OC[C@@H](O)[C@@H](O)[C@H](O)[C@@H](O)CO)O[C@@H]([C@H](O)CO)[C@@H]4O)[C@@H]3NC(C)=O)[C@@H]2O)O[C@H](CO)[C@@H](O)[C@@H]1O. The van der Waals surface area contributed by atoms with Crippen LogP contribution in [0.2, 0.25) is 0 Å². The number of nitrogens with one attached hydrogen (secondary N) is 2. The maximum absolute atomic E-state index is 12.9. The summed E-state index contributed by atoms with van der Waals surface area (Å²) in [5.74, 6) is -1.62. The van der Waals surface area contributed by atoms with Crippen molar-refractivity contribution in [2.45, 2.75) is 199 Å². The Labute approximate surface area is 409 Å². The fourth-order valence-corrected chi connectivity index (χ4v) is 8.65. The van der Waals surface area contributed by atoms with E-state index in [1.807, 2.05) is 0 Å². The van der Waals surface area contributed by atoms with Crippen LogP contribution in [0.5, 0.6) is 0 Å². The number of carbonyl (C=O) groups is 2. The van der Waals surface area contributed by atoms with Crippen molar-refractivity contribution in [3.05, 3.63) is 0 Å². The molecule has 5 aliphatic rings. The van der Waals surface area contributed by atoms with Crippen molar-refractivity contribution in [2.75, 3.05) is 39.6 Å². The summed E-state index contributed by atoms with van der Waals surface area (Å²) in [5, 5.41) is 194. The molecule has 32 heteroatoms.